The quantitative estimate of drug-likeness (QED) is 0.618. The van der Waals surface area contributed by atoms with Crippen LogP contribution >= 0.6 is 11.8 Å². The summed E-state index contributed by atoms with van der Waals surface area (Å²) in [4.78, 5) is 12.5. The molecule has 0 aliphatic heterocycles. The number of halogens is 3. The highest BCUT2D eigenvalue weighted by molar-refractivity contribution is 8.00. The fraction of sp³-hybridized carbons (Fsp3) is 0.263. The number of tetrazole rings is 1. The van der Waals surface area contributed by atoms with Gasteiger partial charge in [0, 0.05) is 5.69 Å². The second-order valence-electron chi connectivity index (χ2n) is 6.49. The zero-order chi connectivity index (χ0) is 21.2. The molecule has 2 aromatic carbocycles. The van der Waals surface area contributed by atoms with Gasteiger partial charge in [-0.3, -0.25) is 4.79 Å². The molecule has 0 saturated carbocycles. The van der Waals surface area contributed by atoms with Crippen molar-refractivity contribution in [2.24, 2.45) is 0 Å². The third kappa shape index (κ3) is 4.94. The molecular formula is C19H18F3N5OS. The number of aryl methyl sites for hydroxylation is 2. The van der Waals surface area contributed by atoms with E-state index in [1.165, 1.54) is 16.8 Å². The van der Waals surface area contributed by atoms with Gasteiger partial charge in [0.05, 0.1) is 16.5 Å². The van der Waals surface area contributed by atoms with E-state index in [1.54, 1.807) is 6.92 Å². The van der Waals surface area contributed by atoms with Crippen molar-refractivity contribution in [2.45, 2.75) is 37.4 Å². The Kier molecular flexibility index (Phi) is 5.92. The van der Waals surface area contributed by atoms with E-state index in [4.69, 9.17) is 0 Å². The molecule has 0 fully saturated rings. The van der Waals surface area contributed by atoms with Crippen molar-refractivity contribution in [2.75, 3.05) is 5.32 Å². The maximum absolute atomic E-state index is 12.8. The number of amides is 1. The number of nitrogens with one attached hydrogen (secondary N) is 1. The van der Waals surface area contributed by atoms with Crippen molar-refractivity contribution in [1.82, 2.24) is 20.2 Å². The van der Waals surface area contributed by atoms with Crippen molar-refractivity contribution < 1.29 is 18.0 Å². The molecule has 1 amide bonds. The minimum Gasteiger partial charge on any atom is -0.325 e. The van der Waals surface area contributed by atoms with E-state index in [9.17, 15) is 18.0 Å². The van der Waals surface area contributed by atoms with Gasteiger partial charge in [-0.2, -0.15) is 17.9 Å². The number of hydrogen-bond donors (Lipinski definition) is 1. The van der Waals surface area contributed by atoms with E-state index in [0.29, 0.717) is 5.16 Å². The van der Waals surface area contributed by atoms with Gasteiger partial charge in [-0.05, 0) is 61.0 Å². The Bertz CT molecular complexity index is 1030. The lowest BCUT2D eigenvalue weighted by molar-refractivity contribution is -0.137. The van der Waals surface area contributed by atoms with Gasteiger partial charge in [0.1, 0.15) is 0 Å². The summed E-state index contributed by atoms with van der Waals surface area (Å²) in [7, 11) is 0. The molecule has 0 aliphatic carbocycles. The Morgan fingerprint density at radius 1 is 1.17 bits per heavy atom. The number of anilines is 1. The molecule has 29 heavy (non-hydrogen) atoms. The first-order valence-corrected chi connectivity index (χ1v) is 9.54. The minimum atomic E-state index is -4.48. The first kappa shape index (κ1) is 20.8. The van der Waals surface area contributed by atoms with Gasteiger partial charge >= 0.3 is 6.18 Å². The Hall–Kier alpha value is -2.88. The molecular weight excluding hydrogens is 403 g/mol. The summed E-state index contributed by atoms with van der Waals surface area (Å²) >= 11 is 1.11. The van der Waals surface area contributed by atoms with Crippen LogP contribution in [0.1, 0.15) is 23.6 Å². The number of hydrogen-bond acceptors (Lipinski definition) is 5. The van der Waals surface area contributed by atoms with Crippen molar-refractivity contribution in [3.05, 3.63) is 59.2 Å². The summed E-state index contributed by atoms with van der Waals surface area (Å²) in [6.45, 7) is 5.54. The SMILES string of the molecule is Cc1ccc(-n2nnnc2SC(C)C(=O)Nc2cccc(C(F)(F)F)c2)c(C)c1. The van der Waals surface area contributed by atoms with Gasteiger partial charge in [0.2, 0.25) is 11.1 Å². The molecule has 3 aromatic rings. The van der Waals surface area contributed by atoms with Crippen LogP contribution in [0.2, 0.25) is 0 Å². The molecule has 1 heterocycles. The van der Waals surface area contributed by atoms with Gasteiger partial charge in [-0.15, -0.1) is 5.10 Å². The third-order valence-corrected chi connectivity index (χ3v) is 5.16. The van der Waals surface area contributed by atoms with Gasteiger partial charge in [-0.1, -0.05) is 35.5 Å². The van der Waals surface area contributed by atoms with E-state index >= 15 is 0 Å². The number of carbonyl (C=O) groups is 1. The van der Waals surface area contributed by atoms with Crippen LogP contribution < -0.4 is 5.32 Å². The third-order valence-electron chi connectivity index (χ3n) is 4.13. The average molecular weight is 421 g/mol. The second kappa shape index (κ2) is 8.24. The molecule has 0 aliphatic rings. The van der Waals surface area contributed by atoms with Crippen LogP contribution in [0.25, 0.3) is 5.69 Å². The van der Waals surface area contributed by atoms with E-state index in [2.05, 4.69) is 20.8 Å². The smallest absolute Gasteiger partial charge is 0.325 e. The van der Waals surface area contributed by atoms with Gasteiger partial charge in [-0.25, -0.2) is 0 Å². The highest BCUT2D eigenvalue weighted by atomic mass is 32.2. The number of carbonyl (C=O) groups excluding carboxylic acids is 1. The molecule has 0 saturated heterocycles. The average Bonchev–Trinajstić information content (AvgIpc) is 3.09. The molecule has 6 nitrogen and oxygen atoms in total. The van der Waals surface area contributed by atoms with Crippen molar-refractivity contribution >= 4 is 23.4 Å². The molecule has 1 atom stereocenters. The van der Waals surface area contributed by atoms with Crippen LogP contribution in [-0.4, -0.2) is 31.4 Å². The summed E-state index contributed by atoms with van der Waals surface area (Å²) in [5.74, 6) is -0.454. The Morgan fingerprint density at radius 2 is 1.93 bits per heavy atom. The number of aromatic nitrogens is 4. The fourth-order valence-electron chi connectivity index (χ4n) is 2.68. The molecule has 1 unspecified atom stereocenters. The monoisotopic (exact) mass is 421 g/mol. The van der Waals surface area contributed by atoms with Crippen LogP contribution in [0.5, 0.6) is 0 Å². The highest BCUT2D eigenvalue weighted by Gasteiger charge is 2.30. The van der Waals surface area contributed by atoms with E-state index in [-0.39, 0.29) is 5.69 Å². The van der Waals surface area contributed by atoms with E-state index in [1.807, 2.05) is 32.0 Å². The zero-order valence-electron chi connectivity index (χ0n) is 15.9. The first-order chi connectivity index (χ1) is 13.6. The number of nitrogens with zero attached hydrogens (tertiary/aromatic N) is 4. The normalized spacial score (nSPS) is 12.6. The molecule has 0 bridgehead atoms. The van der Waals surface area contributed by atoms with E-state index in [0.717, 1.165) is 40.7 Å². The molecule has 1 N–H and O–H groups in total. The number of rotatable bonds is 5. The lowest BCUT2D eigenvalue weighted by atomic mass is 10.1. The van der Waals surface area contributed by atoms with Crippen LogP contribution in [0.15, 0.2) is 47.6 Å². The van der Waals surface area contributed by atoms with Crippen molar-refractivity contribution in [3.63, 3.8) is 0 Å². The Morgan fingerprint density at radius 3 is 2.62 bits per heavy atom. The maximum atomic E-state index is 12.8. The van der Waals surface area contributed by atoms with Crippen molar-refractivity contribution in [3.8, 4) is 5.69 Å². The van der Waals surface area contributed by atoms with Crippen LogP contribution in [-0.2, 0) is 11.0 Å². The second-order valence-corrected chi connectivity index (χ2v) is 7.80. The molecule has 152 valence electrons. The van der Waals surface area contributed by atoms with Gasteiger partial charge in [0.15, 0.2) is 0 Å². The Balaban J connectivity index is 1.74. The lowest BCUT2D eigenvalue weighted by Gasteiger charge is -2.14. The Labute approximate surface area is 169 Å². The highest BCUT2D eigenvalue weighted by Crippen LogP contribution is 2.31. The standard InChI is InChI=1S/C19H18F3N5OS/c1-11-7-8-16(12(2)9-11)27-18(24-25-26-27)29-13(3)17(28)23-15-6-4-5-14(10-15)19(20,21)22/h4-10,13H,1-3H3,(H,23,28). The fourth-order valence-corrected chi connectivity index (χ4v) is 3.48. The lowest BCUT2D eigenvalue weighted by Crippen LogP contribution is -2.23. The van der Waals surface area contributed by atoms with Gasteiger partial charge < -0.3 is 5.32 Å². The van der Waals surface area contributed by atoms with Gasteiger partial charge in [0.25, 0.3) is 0 Å². The summed E-state index contributed by atoms with van der Waals surface area (Å²) in [5.41, 5.74) is 2.11. The van der Waals surface area contributed by atoms with Crippen LogP contribution in [0, 0.1) is 13.8 Å². The summed E-state index contributed by atoms with van der Waals surface area (Å²) in [6, 6.07) is 10.3. The van der Waals surface area contributed by atoms with Crippen LogP contribution in [0.3, 0.4) is 0 Å². The molecule has 0 spiro atoms. The summed E-state index contributed by atoms with van der Waals surface area (Å²) < 4.78 is 40.0. The summed E-state index contributed by atoms with van der Waals surface area (Å²) in [5, 5.41) is 13.9. The zero-order valence-corrected chi connectivity index (χ0v) is 16.7. The topological polar surface area (TPSA) is 72.7 Å². The maximum Gasteiger partial charge on any atom is 0.416 e. The summed E-state index contributed by atoms with van der Waals surface area (Å²) in [6.07, 6.45) is -4.48. The number of benzene rings is 2. The predicted molar refractivity (Wildman–Crippen MR) is 104 cm³/mol. The number of thioether (sulfide) groups is 1. The number of alkyl halides is 3. The first-order valence-electron chi connectivity index (χ1n) is 8.66. The van der Waals surface area contributed by atoms with Crippen molar-refractivity contribution in [1.29, 1.82) is 0 Å². The molecule has 1 aromatic heterocycles. The molecule has 10 heteroatoms. The van der Waals surface area contributed by atoms with E-state index < -0.39 is 22.9 Å². The minimum absolute atomic E-state index is 0.0752. The van der Waals surface area contributed by atoms with Crippen LogP contribution in [0.4, 0.5) is 18.9 Å². The predicted octanol–water partition coefficient (Wildman–Crippen LogP) is 4.42. The molecule has 0 radical (unpaired) electrons. The molecule has 3 rings (SSSR count). The largest absolute Gasteiger partial charge is 0.416 e.